The molecule has 108 valence electrons. The lowest BCUT2D eigenvalue weighted by atomic mass is 9.93. The summed E-state index contributed by atoms with van der Waals surface area (Å²) in [6.07, 6.45) is 0.781. The van der Waals surface area contributed by atoms with E-state index in [1.807, 2.05) is 0 Å². The zero-order chi connectivity index (χ0) is 14.5. The molecule has 0 aromatic heterocycles. The fraction of sp³-hybridized carbons (Fsp3) is 0.600. The molecule has 0 saturated heterocycles. The van der Waals surface area contributed by atoms with Crippen LogP contribution in [0.15, 0.2) is 18.2 Å². The molecule has 0 heterocycles. The Balaban J connectivity index is 2.49. The van der Waals surface area contributed by atoms with Gasteiger partial charge in [-0.05, 0) is 50.0 Å². The molecule has 1 aromatic carbocycles. The molecule has 0 aliphatic rings. The van der Waals surface area contributed by atoms with Crippen LogP contribution in [-0.2, 0) is 6.42 Å². The third-order valence-corrected chi connectivity index (χ3v) is 2.90. The van der Waals surface area contributed by atoms with Crippen molar-refractivity contribution in [2.45, 2.75) is 39.2 Å². The average molecular weight is 271 g/mol. The predicted octanol–water partition coefficient (Wildman–Crippen LogP) is 2.89. The molecule has 1 atom stereocenters. The van der Waals surface area contributed by atoms with Gasteiger partial charge in [0.05, 0.1) is 5.60 Å². The average Bonchev–Trinajstić information content (AvgIpc) is 2.22. The second-order valence-corrected chi connectivity index (χ2v) is 5.80. The van der Waals surface area contributed by atoms with Crippen molar-refractivity contribution in [3.8, 4) is 0 Å². The first-order chi connectivity index (χ1) is 8.78. The van der Waals surface area contributed by atoms with Crippen LogP contribution in [0.2, 0.25) is 0 Å². The van der Waals surface area contributed by atoms with Gasteiger partial charge in [0.25, 0.3) is 0 Å². The maximum atomic E-state index is 13.1. The highest BCUT2D eigenvalue weighted by atomic mass is 19.1. The quantitative estimate of drug-likeness (QED) is 0.747. The van der Waals surface area contributed by atoms with Crippen LogP contribution in [0, 0.1) is 17.6 Å². The molecule has 0 amide bonds. The van der Waals surface area contributed by atoms with Gasteiger partial charge in [0.15, 0.2) is 0 Å². The van der Waals surface area contributed by atoms with Gasteiger partial charge in [-0.1, -0.05) is 13.8 Å². The second-order valence-electron chi connectivity index (χ2n) is 5.80. The third kappa shape index (κ3) is 6.64. The summed E-state index contributed by atoms with van der Waals surface area (Å²) in [6, 6.07) is 3.36. The molecule has 0 radical (unpaired) electrons. The highest BCUT2D eigenvalue weighted by Crippen LogP contribution is 2.18. The van der Waals surface area contributed by atoms with E-state index in [0.717, 1.165) is 12.6 Å². The van der Waals surface area contributed by atoms with E-state index in [4.69, 9.17) is 0 Å². The molecule has 1 unspecified atom stereocenters. The molecule has 2 nitrogen and oxygen atoms in total. The monoisotopic (exact) mass is 271 g/mol. The number of aliphatic hydroxyl groups is 1. The normalized spacial score (nSPS) is 14.7. The Labute approximate surface area is 113 Å². The molecule has 2 N–H and O–H groups in total. The third-order valence-electron chi connectivity index (χ3n) is 2.90. The van der Waals surface area contributed by atoms with Crippen molar-refractivity contribution in [2.75, 3.05) is 13.1 Å². The standard InChI is InChI=1S/C15H23F2NO/c1-11(2)10-18-5-4-15(3,19)9-12-6-13(16)8-14(17)7-12/h6-8,11,18-19H,4-5,9-10H2,1-3H3. The van der Waals surface area contributed by atoms with Crippen molar-refractivity contribution in [2.24, 2.45) is 5.92 Å². The van der Waals surface area contributed by atoms with Crippen molar-refractivity contribution in [3.05, 3.63) is 35.4 Å². The van der Waals surface area contributed by atoms with E-state index < -0.39 is 17.2 Å². The van der Waals surface area contributed by atoms with E-state index in [2.05, 4.69) is 19.2 Å². The molecule has 0 aliphatic carbocycles. The minimum absolute atomic E-state index is 0.241. The van der Waals surface area contributed by atoms with Gasteiger partial charge in [-0.2, -0.15) is 0 Å². The van der Waals surface area contributed by atoms with Crippen LogP contribution in [0.4, 0.5) is 8.78 Å². The first kappa shape index (κ1) is 16.1. The Bertz CT molecular complexity index is 385. The van der Waals surface area contributed by atoms with E-state index in [0.29, 0.717) is 24.4 Å². The summed E-state index contributed by atoms with van der Waals surface area (Å²) in [4.78, 5) is 0. The largest absolute Gasteiger partial charge is 0.390 e. The van der Waals surface area contributed by atoms with Crippen molar-refractivity contribution >= 4 is 0 Å². The van der Waals surface area contributed by atoms with Gasteiger partial charge in [0, 0.05) is 12.5 Å². The van der Waals surface area contributed by atoms with Crippen LogP contribution in [-0.4, -0.2) is 23.8 Å². The van der Waals surface area contributed by atoms with Crippen LogP contribution in [0.3, 0.4) is 0 Å². The van der Waals surface area contributed by atoms with Crippen molar-refractivity contribution < 1.29 is 13.9 Å². The molecule has 0 saturated carbocycles. The second kappa shape index (κ2) is 6.96. The first-order valence-corrected chi connectivity index (χ1v) is 6.66. The summed E-state index contributed by atoms with van der Waals surface area (Å²) in [6.45, 7) is 7.49. The van der Waals surface area contributed by atoms with E-state index in [1.165, 1.54) is 12.1 Å². The summed E-state index contributed by atoms with van der Waals surface area (Å²) in [7, 11) is 0. The topological polar surface area (TPSA) is 32.3 Å². The molecule has 19 heavy (non-hydrogen) atoms. The van der Waals surface area contributed by atoms with Gasteiger partial charge in [0.1, 0.15) is 11.6 Å². The van der Waals surface area contributed by atoms with Gasteiger partial charge in [-0.15, -0.1) is 0 Å². The maximum absolute atomic E-state index is 13.1. The number of hydrogen-bond acceptors (Lipinski definition) is 2. The Morgan fingerprint density at radius 1 is 1.21 bits per heavy atom. The molecule has 0 aliphatic heterocycles. The van der Waals surface area contributed by atoms with E-state index in [-0.39, 0.29) is 6.42 Å². The highest BCUT2D eigenvalue weighted by Gasteiger charge is 2.21. The van der Waals surface area contributed by atoms with Crippen LogP contribution < -0.4 is 5.32 Å². The van der Waals surface area contributed by atoms with Crippen molar-refractivity contribution in [1.82, 2.24) is 5.32 Å². The fourth-order valence-corrected chi connectivity index (χ4v) is 1.99. The number of hydrogen-bond donors (Lipinski definition) is 2. The number of benzene rings is 1. The van der Waals surface area contributed by atoms with Crippen LogP contribution in [0.1, 0.15) is 32.8 Å². The summed E-state index contributed by atoms with van der Waals surface area (Å²) < 4.78 is 26.1. The summed E-state index contributed by atoms with van der Waals surface area (Å²) in [5.41, 5.74) is -0.490. The summed E-state index contributed by atoms with van der Waals surface area (Å²) in [5.74, 6) is -0.658. The van der Waals surface area contributed by atoms with Crippen molar-refractivity contribution in [1.29, 1.82) is 0 Å². The Kier molecular flexibility index (Phi) is 5.88. The maximum Gasteiger partial charge on any atom is 0.126 e. The van der Waals surface area contributed by atoms with Gasteiger partial charge in [0.2, 0.25) is 0 Å². The molecule has 1 rings (SSSR count). The number of halogens is 2. The lowest BCUT2D eigenvalue weighted by Crippen LogP contribution is -2.33. The van der Waals surface area contributed by atoms with Gasteiger partial charge in [-0.25, -0.2) is 8.78 Å². The number of nitrogens with one attached hydrogen (secondary N) is 1. The zero-order valence-corrected chi connectivity index (χ0v) is 11.8. The van der Waals surface area contributed by atoms with Gasteiger partial charge >= 0.3 is 0 Å². The fourth-order valence-electron chi connectivity index (χ4n) is 1.99. The minimum atomic E-state index is -0.968. The molecule has 4 heteroatoms. The van der Waals surface area contributed by atoms with Crippen LogP contribution in [0.25, 0.3) is 0 Å². The highest BCUT2D eigenvalue weighted by molar-refractivity contribution is 5.19. The molecule has 0 bridgehead atoms. The van der Waals surface area contributed by atoms with Gasteiger partial charge in [-0.3, -0.25) is 0 Å². The van der Waals surface area contributed by atoms with E-state index in [1.54, 1.807) is 6.92 Å². The first-order valence-electron chi connectivity index (χ1n) is 6.66. The Morgan fingerprint density at radius 3 is 2.32 bits per heavy atom. The Hall–Kier alpha value is -1.00. The predicted molar refractivity (Wildman–Crippen MR) is 73.0 cm³/mol. The minimum Gasteiger partial charge on any atom is -0.390 e. The molecule has 0 spiro atoms. The molecule has 1 aromatic rings. The van der Waals surface area contributed by atoms with Crippen LogP contribution >= 0.6 is 0 Å². The lowest BCUT2D eigenvalue weighted by molar-refractivity contribution is 0.0513. The van der Waals surface area contributed by atoms with Gasteiger partial charge < -0.3 is 10.4 Å². The summed E-state index contributed by atoms with van der Waals surface area (Å²) >= 11 is 0. The molecular formula is C15H23F2NO. The lowest BCUT2D eigenvalue weighted by Gasteiger charge is -2.24. The van der Waals surface area contributed by atoms with Crippen LogP contribution in [0.5, 0.6) is 0 Å². The Morgan fingerprint density at radius 2 is 1.79 bits per heavy atom. The van der Waals surface area contributed by atoms with E-state index in [9.17, 15) is 13.9 Å². The SMILES string of the molecule is CC(C)CNCCC(C)(O)Cc1cc(F)cc(F)c1. The molecular weight excluding hydrogens is 248 g/mol. The zero-order valence-electron chi connectivity index (χ0n) is 11.8. The molecule has 0 fully saturated rings. The van der Waals surface area contributed by atoms with E-state index >= 15 is 0 Å². The summed E-state index contributed by atoms with van der Waals surface area (Å²) in [5, 5.41) is 13.5. The van der Waals surface area contributed by atoms with Crippen molar-refractivity contribution in [3.63, 3.8) is 0 Å². The number of rotatable bonds is 7. The smallest absolute Gasteiger partial charge is 0.126 e.